The summed E-state index contributed by atoms with van der Waals surface area (Å²) in [5.74, 6) is 0. The summed E-state index contributed by atoms with van der Waals surface area (Å²) in [5, 5.41) is 0. The van der Waals surface area contributed by atoms with Crippen molar-refractivity contribution in [2.45, 2.75) is 6.61 Å². The van der Waals surface area contributed by atoms with Crippen molar-refractivity contribution in [2.24, 2.45) is 0 Å². The molecule has 21 heavy (non-hydrogen) atoms. The van der Waals surface area contributed by atoms with Crippen LogP contribution in [0.3, 0.4) is 0 Å². The van der Waals surface area contributed by atoms with Crippen LogP contribution in [0.5, 0.6) is 0 Å². The van der Waals surface area contributed by atoms with Crippen LogP contribution in [0, 0.1) is 0 Å². The Morgan fingerprint density at radius 1 is 0.619 bits per heavy atom. The van der Waals surface area contributed by atoms with E-state index >= 15 is 0 Å². The molecule has 0 spiro atoms. The topological polar surface area (TPSA) is 9.23 Å². The number of methoxy groups -OCH3 is 1. The monoisotopic (exact) mass is 274 g/mol. The Balaban J connectivity index is 2.16. The lowest BCUT2D eigenvalue weighted by Gasteiger charge is -2.13. The van der Waals surface area contributed by atoms with Gasteiger partial charge in [-0.1, -0.05) is 78.9 Å². The molecule has 0 fully saturated rings. The maximum atomic E-state index is 5.34. The number of hydrogen-bond donors (Lipinski definition) is 0. The molecule has 0 saturated carbocycles. The number of rotatable bonds is 4. The Morgan fingerprint density at radius 2 is 1.19 bits per heavy atom. The Bertz CT molecular complexity index is 717. The average molecular weight is 274 g/mol. The molecule has 0 aliphatic carbocycles. The van der Waals surface area contributed by atoms with Crippen molar-refractivity contribution in [1.29, 1.82) is 0 Å². The summed E-state index contributed by atoms with van der Waals surface area (Å²) in [6.45, 7) is 0.624. The van der Waals surface area contributed by atoms with Crippen LogP contribution in [0.25, 0.3) is 22.3 Å². The minimum atomic E-state index is 0.624. The van der Waals surface area contributed by atoms with Crippen LogP contribution >= 0.6 is 0 Å². The zero-order chi connectivity index (χ0) is 14.5. The molecule has 0 aliphatic heterocycles. The van der Waals surface area contributed by atoms with Crippen LogP contribution in [-0.2, 0) is 11.3 Å². The SMILES string of the molecule is COCc1ccccc1-c1ccccc1-c1ccccc1. The maximum Gasteiger partial charge on any atom is 0.0719 e. The fraction of sp³-hybridized carbons (Fsp3) is 0.100. The highest BCUT2D eigenvalue weighted by molar-refractivity contribution is 5.84. The molecule has 0 aliphatic rings. The van der Waals surface area contributed by atoms with Crippen LogP contribution in [0.4, 0.5) is 0 Å². The standard InChI is InChI=1S/C20H18O/c1-21-15-17-11-5-6-13-19(17)20-14-8-7-12-18(20)16-9-3-2-4-10-16/h2-14H,15H2,1H3. The third-order valence-electron chi connectivity index (χ3n) is 3.62. The van der Waals surface area contributed by atoms with Gasteiger partial charge in [0.2, 0.25) is 0 Å². The van der Waals surface area contributed by atoms with E-state index in [0.29, 0.717) is 6.61 Å². The Hall–Kier alpha value is -2.38. The molecule has 3 aromatic carbocycles. The minimum Gasteiger partial charge on any atom is -0.380 e. The first kappa shape index (κ1) is 13.6. The van der Waals surface area contributed by atoms with Gasteiger partial charge in [0.1, 0.15) is 0 Å². The molecule has 1 nitrogen and oxygen atoms in total. The van der Waals surface area contributed by atoms with E-state index in [2.05, 4.69) is 72.8 Å². The second kappa shape index (κ2) is 6.38. The summed E-state index contributed by atoms with van der Waals surface area (Å²) >= 11 is 0. The molecule has 3 rings (SSSR count). The van der Waals surface area contributed by atoms with Gasteiger partial charge in [-0.2, -0.15) is 0 Å². The molecule has 1 heteroatoms. The van der Waals surface area contributed by atoms with E-state index in [1.165, 1.54) is 27.8 Å². The first-order valence-corrected chi connectivity index (χ1v) is 7.12. The quantitative estimate of drug-likeness (QED) is 0.638. The van der Waals surface area contributed by atoms with Crippen LogP contribution in [0.15, 0.2) is 78.9 Å². The third-order valence-corrected chi connectivity index (χ3v) is 3.62. The van der Waals surface area contributed by atoms with Crippen molar-refractivity contribution < 1.29 is 4.74 Å². The first-order valence-electron chi connectivity index (χ1n) is 7.12. The maximum absolute atomic E-state index is 5.34. The van der Waals surface area contributed by atoms with Gasteiger partial charge in [0.15, 0.2) is 0 Å². The van der Waals surface area contributed by atoms with Crippen molar-refractivity contribution in [1.82, 2.24) is 0 Å². The van der Waals surface area contributed by atoms with E-state index in [-0.39, 0.29) is 0 Å². The number of hydrogen-bond acceptors (Lipinski definition) is 1. The van der Waals surface area contributed by atoms with E-state index in [4.69, 9.17) is 4.74 Å². The molecule has 0 heterocycles. The second-order valence-electron chi connectivity index (χ2n) is 5.00. The van der Waals surface area contributed by atoms with Crippen molar-refractivity contribution in [3.8, 4) is 22.3 Å². The van der Waals surface area contributed by atoms with Crippen molar-refractivity contribution >= 4 is 0 Å². The lowest BCUT2D eigenvalue weighted by atomic mass is 9.92. The molecule has 0 bridgehead atoms. The van der Waals surface area contributed by atoms with Gasteiger partial charge in [-0.05, 0) is 27.8 Å². The third kappa shape index (κ3) is 2.88. The van der Waals surface area contributed by atoms with Crippen molar-refractivity contribution in [2.75, 3.05) is 7.11 Å². The van der Waals surface area contributed by atoms with Crippen LogP contribution in [-0.4, -0.2) is 7.11 Å². The molecular formula is C20H18O. The minimum absolute atomic E-state index is 0.624. The van der Waals surface area contributed by atoms with Gasteiger partial charge in [-0.25, -0.2) is 0 Å². The lowest BCUT2D eigenvalue weighted by Crippen LogP contribution is -1.93. The summed E-state index contributed by atoms with van der Waals surface area (Å²) in [7, 11) is 1.74. The van der Waals surface area contributed by atoms with E-state index in [0.717, 1.165) is 0 Å². The summed E-state index contributed by atoms with van der Waals surface area (Å²) in [4.78, 5) is 0. The molecule has 0 aromatic heterocycles. The molecule has 3 aromatic rings. The molecule has 0 amide bonds. The fourth-order valence-corrected chi connectivity index (χ4v) is 2.65. The average Bonchev–Trinajstić information content (AvgIpc) is 2.57. The van der Waals surface area contributed by atoms with E-state index < -0.39 is 0 Å². The van der Waals surface area contributed by atoms with Gasteiger partial charge in [0, 0.05) is 7.11 Å². The number of benzene rings is 3. The zero-order valence-corrected chi connectivity index (χ0v) is 12.1. The molecule has 0 atom stereocenters. The molecular weight excluding hydrogens is 256 g/mol. The summed E-state index contributed by atoms with van der Waals surface area (Å²) < 4.78 is 5.34. The summed E-state index contributed by atoms with van der Waals surface area (Å²) in [6, 6.07) is 27.5. The Labute approximate surface area is 125 Å². The van der Waals surface area contributed by atoms with Crippen LogP contribution in [0.1, 0.15) is 5.56 Å². The zero-order valence-electron chi connectivity index (χ0n) is 12.1. The molecule has 0 radical (unpaired) electrons. The molecule has 0 unspecified atom stereocenters. The van der Waals surface area contributed by atoms with Crippen molar-refractivity contribution in [3.63, 3.8) is 0 Å². The fourth-order valence-electron chi connectivity index (χ4n) is 2.65. The second-order valence-corrected chi connectivity index (χ2v) is 5.00. The first-order chi connectivity index (χ1) is 10.4. The van der Waals surface area contributed by atoms with Gasteiger partial charge >= 0.3 is 0 Å². The van der Waals surface area contributed by atoms with Gasteiger partial charge in [0.25, 0.3) is 0 Å². The normalized spacial score (nSPS) is 10.5. The highest BCUT2D eigenvalue weighted by Gasteiger charge is 2.09. The summed E-state index contributed by atoms with van der Waals surface area (Å²) in [6.07, 6.45) is 0. The van der Waals surface area contributed by atoms with E-state index in [9.17, 15) is 0 Å². The largest absolute Gasteiger partial charge is 0.380 e. The van der Waals surface area contributed by atoms with Crippen LogP contribution in [0.2, 0.25) is 0 Å². The number of ether oxygens (including phenoxy) is 1. The van der Waals surface area contributed by atoms with E-state index in [1.807, 2.05) is 6.07 Å². The van der Waals surface area contributed by atoms with Crippen molar-refractivity contribution in [3.05, 3.63) is 84.4 Å². The molecule has 0 saturated heterocycles. The van der Waals surface area contributed by atoms with Gasteiger partial charge in [0.05, 0.1) is 6.61 Å². The Morgan fingerprint density at radius 3 is 1.90 bits per heavy atom. The van der Waals surface area contributed by atoms with Gasteiger partial charge < -0.3 is 4.74 Å². The van der Waals surface area contributed by atoms with Gasteiger partial charge in [-0.3, -0.25) is 0 Å². The van der Waals surface area contributed by atoms with Crippen LogP contribution < -0.4 is 0 Å². The van der Waals surface area contributed by atoms with E-state index in [1.54, 1.807) is 7.11 Å². The predicted molar refractivity (Wildman–Crippen MR) is 88.0 cm³/mol. The van der Waals surface area contributed by atoms with Gasteiger partial charge in [-0.15, -0.1) is 0 Å². The smallest absolute Gasteiger partial charge is 0.0719 e. The predicted octanol–water partition coefficient (Wildman–Crippen LogP) is 5.17. The molecule has 104 valence electrons. The highest BCUT2D eigenvalue weighted by Crippen LogP contribution is 2.33. The lowest BCUT2D eigenvalue weighted by molar-refractivity contribution is 0.185. The molecule has 0 N–H and O–H groups in total. The summed E-state index contributed by atoms with van der Waals surface area (Å²) in [5.41, 5.74) is 6.18. The highest BCUT2D eigenvalue weighted by atomic mass is 16.5. The Kier molecular flexibility index (Phi) is 4.13.